The zero-order valence-corrected chi connectivity index (χ0v) is 10.8. The van der Waals surface area contributed by atoms with Crippen LogP contribution in [0.4, 0.5) is 0 Å². The fraction of sp³-hybridized carbons (Fsp3) is 0.267. The van der Waals surface area contributed by atoms with Crippen LogP contribution in [-0.4, -0.2) is 17.2 Å². The van der Waals surface area contributed by atoms with Crippen molar-refractivity contribution in [1.29, 1.82) is 0 Å². The molecule has 0 radical (unpaired) electrons. The first-order chi connectivity index (χ1) is 9.24. The average molecular weight is 259 g/mol. The van der Waals surface area contributed by atoms with E-state index in [1.165, 1.54) is 0 Å². The van der Waals surface area contributed by atoms with Gasteiger partial charge in [-0.1, -0.05) is 43.7 Å². The van der Waals surface area contributed by atoms with Gasteiger partial charge < -0.3 is 4.74 Å². The molecule has 0 fully saturated rings. The summed E-state index contributed by atoms with van der Waals surface area (Å²) in [5.41, 5.74) is 1.64. The first-order valence-corrected chi connectivity index (χ1v) is 6.34. The van der Waals surface area contributed by atoms with Gasteiger partial charge in [-0.2, -0.15) is 0 Å². The van der Waals surface area contributed by atoms with Crippen LogP contribution in [0.1, 0.15) is 19.8 Å². The van der Waals surface area contributed by atoms with E-state index in [1.54, 1.807) is 5.48 Å². The van der Waals surface area contributed by atoms with E-state index in [4.69, 9.17) is 9.94 Å². The summed E-state index contributed by atoms with van der Waals surface area (Å²) in [6, 6.07) is 13.6. The Balaban J connectivity index is 2.21. The van der Waals surface area contributed by atoms with E-state index in [0.717, 1.165) is 17.2 Å². The number of rotatable bonds is 5. The summed E-state index contributed by atoms with van der Waals surface area (Å²) in [5.74, 6) is 0.107. The van der Waals surface area contributed by atoms with Gasteiger partial charge in [0, 0.05) is 0 Å². The van der Waals surface area contributed by atoms with Gasteiger partial charge in [0.1, 0.15) is 5.75 Å². The fourth-order valence-corrected chi connectivity index (χ4v) is 1.98. The molecule has 4 heteroatoms. The van der Waals surface area contributed by atoms with Gasteiger partial charge in [0.2, 0.25) is 0 Å². The molecule has 0 saturated carbocycles. The highest BCUT2D eigenvalue weighted by Crippen LogP contribution is 2.22. The van der Waals surface area contributed by atoms with Crippen LogP contribution in [0, 0.1) is 0 Å². The Morgan fingerprint density at radius 1 is 1.26 bits per heavy atom. The summed E-state index contributed by atoms with van der Waals surface area (Å²) >= 11 is 0. The van der Waals surface area contributed by atoms with Gasteiger partial charge in [0.05, 0.1) is 0 Å². The molecule has 2 rings (SSSR count). The maximum absolute atomic E-state index is 11.5. The molecule has 0 spiro atoms. The number of carbonyl (C=O) groups excluding carboxylic acids is 1. The Kier molecular flexibility index (Phi) is 4.36. The smallest absolute Gasteiger partial charge is 0.284 e. The topological polar surface area (TPSA) is 58.6 Å². The fourth-order valence-electron chi connectivity index (χ4n) is 1.98. The molecule has 100 valence electrons. The highest BCUT2D eigenvalue weighted by atomic mass is 16.5. The molecule has 0 bridgehead atoms. The number of hydroxylamine groups is 1. The Morgan fingerprint density at radius 2 is 2.00 bits per heavy atom. The first kappa shape index (κ1) is 13.4. The summed E-state index contributed by atoms with van der Waals surface area (Å²) in [5, 5.41) is 10.9. The van der Waals surface area contributed by atoms with Crippen molar-refractivity contribution in [3.8, 4) is 5.75 Å². The van der Waals surface area contributed by atoms with Crippen molar-refractivity contribution < 1.29 is 14.7 Å². The second-order valence-electron chi connectivity index (χ2n) is 4.38. The third-order valence-electron chi connectivity index (χ3n) is 2.95. The van der Waals surface area contributed by atoms with E-state index >= 15 is 0 Å². The van der Waals surface area contributed by atoms with Crippen LogP contribution in [0.3, 0.4) is 0 Å². The lowest BCUT2D eigenvalue weighted by molar-refractivity contribution is -0.136. The Hall–Kier alpha value is -2.07. The molecule has 0 heterocycles. The first-order valence-electron chi connectivity index (χ1n) is 6.34. The van der Waals surface area contributed by atoms with Crippen LogP contribution in [-0.2, 0) is 4.79 Å². The Bertz CT molecular complexity index is 568. The second-order valence-corrected chi connectivity index (χ2v) is 4.38. The third kappa shape index (κ3) is 3.23. The quantitative estimate of drug-likeness (QED) is 0.641. The van der Waals surface area contributed by atoms with Crippen molar-refractivity contribution in [3.05, 3.63) is 42.5 Å². The minimum atomic E-state index is -0.670. The zero-order valence-electron chi connectivity index (χ0n) is 10.8. The molecule has 1 amide bonds. The Labute approximate surface area is 112 Å². The van der Waals surface area contributed by atoms with Gasteiger partial charge in [0.25, 0.3) is 5.91 Å². The third-order valence-corrected chi connectivity index (χ3v) is 2.95. The molecule has 1 unspecified atom stereocenters. The van der Waals surface area contributed by atoms with Gasteiger partial charge >= 0.3 is 0 Å². The number of fused-ring (bicyclic) bond motifs is 1. The van der Waals surface area contributed by atoms with E-state index in [1.807, 2.05) is 49.4 Å². The molecule has 4 nitrogen and oxygen atoms in total. The average Bonchev–Trinajstić information content (AvgIpc) is 2.46. The van der Waals surface area contributed by atoms with Crippen molar-refractivity contribution in [2.45, 2.75) is 25.9 Å². The summed E-state index contributed by atoms with van der Waals surface area (Å²) in [6.07, 6.45) is 0.682. The number of ether oxygens (including phenoxy) is 1. The van der Waals surface area contributed by atoms with Crippen LogP contribution in [0.15, 0.2) is 42.5 Å². The molecule has 19 heavy (non-hydrogen) atoms. The molecule has 0 aromatic heterocycles. The van der Waals surface area contributed by atoms with Crippen LogP contribution >= 0.6 is 0 Å². The summed E-state index contributed by atoms with van der Waals surface area (Å²) in [6.45, 7) is 1.96. The lowest BCUT2D eigenvalue weighted by Gasteiger charge is -2.16. The number of amides is 1. The lowest BCUT2D eigenvalue weighted by Crippen LogP contribution is -2.36. The van der Waals surface area contributed by atoms with Gasteiger partial charge in [-0.05, 0) is 29.3 Å². The molecule has 2 N–H and O–H groups in total. The van der Waals surface area contributed by atoms with Crippen molar-refractivity contribution in [1.82, 2.24) is 5.48 Å². The van der Waals surface area contributed by atoms with Gasteiger partial charge in [-0.3, -0.25) is 10.0 Å². The predicted molar refractivity (Wildman–Crippen MR) is 73.2 cm³/mol. The summed E-state index contributed by atoms with van der Waals surface area (Å²) in [4.78, 5) is 11.5. The van der Waals surface area contributed by atoms with E-state index in [9.17, 15) is 4.79 Å². The van der Waals surface area contributed by atoms with Crippen molar-refractivity contribution in [2.75, 3.05) is 0 Å². The van der Waals surface area contributed by atoms with Crippen molar-refractivity contribution in [3.63, 3.8) is 0 Å². The molecule has 0 saturated heterocycles. The number of benzene rings is 2. The number of hydrogen-bond donors (Lipinski definition) is 2. The SMILES string of the molecule is CCCC(Oc1ccc2ccccc2c1)C(=O)NO. The standard InChI is InChI=1S/C15H17NO3/c1-2-5-14(15(17)16-18)19-13-9-8-11-6-3-4-7-12(11)10-13/h3-4,6-10,14,18H,2,5H2,1H3,(H,16,17). The summed E-state index contributed by atoms with van der Waals surface area (Å²) < 4.78 is 5.64. The Morgan fingerprint density at radius 3 is 2.68 bits per heavy atom. The number of hydrogen-bond acceptors (Lipinski definition) is 3. The molecule has 1 atom stereocenters. The van der Waals surface area contributed by atoms with Gasteiger partial charge in [-0.25, -0.2) is 5.48 Å². The van der Waals surface area contributed by atoms with Crippen molar-refractivity contribution >= 4 is 16.7 Å². The molecule has 2 aromatic carbocycles. The number of carbonyl (C=O) groups is 1. The molecule has 0 aliphatic carbocycles. The van der Waals surface area contributed by atoms with Crippen LogP contribution in [0.5, 0.6) is 5.75 Å². The van der Waals surface area contributed by atoms with Crippen LogP contribution < -0.4 is 10.2 Å². The van der Waals surface area contributed by atoms with Crippen LogP contribution in [0.25, 0.3) is 10.8 Å². The van der Waals surface area contributed by atoms with Crippen molar-refractivity contribution in [2.24, 2.45) is 0 Å². The maximum Gasteiger partial charge on any atom is 0.284 e. The molecule has 0 aliphatic rings. The number of nitrogens with one attached hydrogen (secondary N) is 1. The predicted octanol–water partition coefficient (Wildman–Crippen LogP) is 2.89. The molecular formula is C15H17NO3. The lowest BCUT2D eigenvalue weighted by atomic mass is 10.1. The largest absolute Gasteiger partial charge is 0.481 e. The van der Waals surface area contributed by atoms with Gasteiger partial charge in [0.15, 0.2) is 6.10 Å². The van der Waals surface area contributed by atoms with Gasteiger partial charge in [-0.15, -0.1) is 0 Å². The van der Waals surface area contributed by atoms with E-state index in [2.05, 4.69) is 0 Å². The molecular weight excluding hydrogens is 242 g/mol. The minimum Gasteiger partial charge on any atom is -0.481 e. The normalized spacial score (nSPS) is 12.1. The zero-order chi connectivity index (χ0) is 13.7. The highest BCUT2D eigenvalue weighted by molar-refractivity contribution is 5.84. The second kappa shape index (κ2) is 6.20. The van der Waals surface area contributed by atoms with E-state index < -0.39 is 12.0 Å². The summed E-state index contributed by atoms with van der Waals surface area (Å²) in [7, 11) is 0. The molecule has 2 aromatic rings. The molecule has 0 aliphatic heterocycles. The van der Waals surface area contributed by atoms with E-state index in [0.29, 0.717) is 12.2 Å². The maximum atomic E-state index is 11.5. The minimum absolute atomic E-state index is 0.519. The monoisotopic (exact) mass is 259 g/mol. The van der Waals surface area contributed by atoms with Crippen LogP contribution in [0.2, 0.25) is 0 Å². The highest BCUT2D eigenvalue weighted by Gasteiger charge is 2.18. The van der Waals surface area contributed by atoms with E-state index in [-0.39, 0.29) is 0 Å².